The van der Waals surface area contributed by atoms with Crippen molar-refractivity contribution in [2.45, 2.75) is 57.5 Å². The van der Waals surface area contributed by atoms with Gasteiger partial charge in [-0.15, -0.1) is 0 Å². The van der Waals surface area contributed by atoms with Gasteiger partial charge in [-0.1, -0.05) is 6.07 Å². The van der Waals surface area contributed by atoms with Crippen molar-refractivity contribution in [1.82, 2.24) is 10.6 Å². The minimum atomic E-state index is -0.869. The van der Waals surface area contributed by atoms with Crippen LogP contribution in [-0.2, 0) is 16.0 Å². The average molecular weight is 354 g/mol. The molecule has 4 unspecified atom stereocenters. The molecule has 2 N–H and O–H groups in total. The number of amides is 1. The maximum Gasteiger partial charge on any atom is 0.407 e. The van der Waals surface area contributed by atoms with E-state index in [0.29, 0.717) is 18.7 Å². The minimum absolute atomic E-state index is 0.0187. The first-order valence-electron chi connectivity index (χ1n) is 8.53. The molecule has 0 bridgehead atoms. The SMILES string of the molecule is CC(C)(C)OC(=O)NC1C2CCOC2C1NCc1ccc(F)c(F)c1. The summed E-state index contributed by atoms with van der Waals surface area (Å²) >= 11 is 0. The van der Waals surface area contributed by atoms with Crippen molar-refractivity contribution >= 4 is 6.09 Å². The molecule has 2 aliphatic rings. The first-order chi connectivity index (χ1) is 11.7. The van der Waals surface area contributed by atoms with Crippen molar-refractivity contribution < 1.29 is 23.0 Å². The van der Waals surface area contributed by atoms with Crippen LogP contribution < -0.4 is 10.6 Å². The van der Waals surface area contributed by atoms with Gasteiger partial charge in [0.2, 0.25) is 0 Å². The zero-order valence-corrected chi connectivity index (χ0v) is 14.6. The highest BCUT2D eigenvalue weighted by atomic mass is 19.2. The molecule has 7 heteroatoms. The monoisotopic (exact) mass is 354 g/mol. The summed E-state index contributed by atoms with van der Waals surface area (Å²) in [5.41, 5.74) is 0.0740. The maximum atomic E-state index is 13.3. The number of fused-ring (bicyclic) bond motifs is 1. The molecule has 1 saturated carbocycles. The van der Waals surface area contributed by atoms with Gasteiger partial charge >= 0.3 is 6.09 Å². The van der Waals surface area contributed by atoms with E-state index >= 15 is 0 Å². The molecule has 1 heterocycles. The highest BCUT2D eigenvalue weighted by molar-refractivity contribution is 5.68. The number of carbonyl (C=O) groups is 1. The molecule has 3 rings (SSSR count). The van der Waals surface area contributed by atoms with Gasteiger partial charge in [0.05, 0.1) is 18.2 Å². The normalized spacial score (nSPS) is 28.2. The molecule has 1 aliphatic heterocycles. The number of alkyl carbamates (subject to hydrolysis) is 1. The summed E-state index contributed by atoms with van der Waals surface area (Å²) in [6.07, 6.45) is 0.446. The zero-order chi connectivity index (χ0) is 18.2. The summed E-state index contributed by atoms with van der Waals surface area (Å²) in [5, 5.41) is 6.20. The second kappa shape index (κ2) is 6.88. The summed E-state index contributed by atoms with van der Waals surface area (Å²) in [7, 11) is 0. The van der Waals surface area contributed by atoms with Crippen LogP contribution in [0, 0.1) is 17.6 Å². The Hall–Kier alpha value is -1.73. The average Bonchev–Trinajstić information content (AvgIpc) is 2.91. The lowest BCUT2D eigenvalue weighted by Gasteiger charge is -2.48. The summed E-state index contributed by atoms with van der Waals surface area (Å²) < 4.78 is 37.4. The number of rotatable bonds is 4. The molecule has 4 atom stereocenters. The van der Waals surface area contributed by atoms with Crippen LogP contribution in [0.25, 0.3) is 0 Å². The van der Waals surface area contributed by atoms with Crippen molar-refractivity contribution in [3.05, 3.63) is 35.4 Å². The molecular formula is C18H24F2N2O3. The quantitative estimate of drug-likeness (QED) is 0.873. The van der Waals surface area contributed by atoms with Crippen LogP contribution in [0.3, 0.4) is 0 Å². The van der Waals surface area contributed by atoms with E-state index in [2.05, 4.69) is 10.6 Å². The van der Waals surface area contributed by atoms with Gasteiger partial charge in [0, 0.05) is 19.1 Å². The van der Waals surface area contributed by atoms with Gasteiger partial charge in [-0.3, -0.25) is 0 Å². The third-order valence-electron chi connectivity index (χ3n) is 4.59. The van der Waals surface area contributed by atoms with Crippen molar-refractivity contribution in [2.75, 3.05) is 6.61 Å². The first kappa shape index (κ1) is 18.1. The van der Waals surface area contributed by atoms with Crippen LogP contribution in [-0.4, -0.2) is 36.5 Å². The number of hydrogen-bond donors (Lipinski definition) is 2. The van der Waals surface area contributed by atoms with Crippen molar-refractivity contribution in [3.8, 4) is 0 Å². The highest BCUT2D eigenvalue weighted by Crippen LogP contribution is 2.39. The first-order valence-corrected chi connectivity index (χ1v) is 8.53. The van der Waals surface area contributed by atoms with E-state index in [-0.39, 0.29) is 24.1 Å². The van der Waals surface area contributed by atoms with Gasteiger partial charge < -0.3 is 20.1 Å². The molecule has 1 saturated heterocycles. The van der Waals surface area contributed by atoms with Gasteiger partial charge in [-0.25, -0.2) is 13.6 Å². The molecule has 0 radical (unpaired) electrons. The van der Waals surface area contributed by atoms with Crippen LogP contribution in [0.1, 0.15) is 32.8 Å². The van der Waals surface area contributed by atoms with Crippen molar-refractivity contribution in [2.24, 2.45) is 5.92 Å². The Morgan fingerprint density at radius 1 is 1.28 bits per heavy atom. The number of halogens is 2. The number of nitrogens with one attached hydrogen (secondary N) is 2. The molecule has 138 valence electrons. The third kappa shape index (κ3) is 4.10. The third-order valence-corrected chi connectivity index (χ3v) is 4.59. The van der Waals surface area contributed by atoms with Crippen LogP contribution in [0.4, 0.5) is 13.6 Å². The Bertz CT molecular complexity index is 648. The number of carbonyl (C=O) groups excluding carboxylic acids is 1. The Morgan fingerprint density at radius 2 is 2.04 bits per heavy atom. The molecule has 0 spiro atoms. The van der Waals surface area contributed by atoms with E-state index < -0.39 is 23.3 Å². The molecule has 1 aliphatic carbocycles. The van der Waals surface area contributed by atoms with E-state index in [9.17, 15) is 13.6 Å². The number of benzene rings is 1. The van der Waals surface area contributed by atoms with Crippen LogP contribution in [0.2, 0.25) is 0 Å². The number of hydrogen-bond acceptors (Lipinski definition) is 4. The fourth-order valence-electron chi connectivity index (χ4n) is 3.48. The largest absolute Gasteiger partial charge is 0.444 e. The Labute approximate surface area is 146 Å². The second-order valence-electron chi connectivity index (χ2n) is 7.62. The fourth-order valence-corrected chi connectivity index (χ4v) is 3.48. The Balaban J connectivity index is 1.60. The predicted molar refractivity (Wildman–Crippen MR) is 88.0 cm³/mol. The van der Waals surface area contributed by atoms with Crippen LogP contribution in [0.5, 0.6) is 0 Å². The summed E-state index contributed by atoms with van der Waals surface area (Å²) in [6.45, 7) is 6.46. The Kier molecular flexibility index (Phi) is 4.97. The minimum Gasteiger partial charge on any atom is -0.444 e. The highest BCUT2D eigenvalue weighted by Gasteiger charge is 2.54. The van der Waals surface area contributed by atoms with E-state index in [1.165, 1.54) is 12.1 Å². The van der Waals surface area contributed by atoms with Gasteiger partial charge in [-0.2, -0.15) is 0 Å². The van der Waals surface area contributed by atoms with E-state index in [1.54, 1.807) is 0 Å². The van der Waals surface area contributed by atoms with Crippen molar-refractivity contribution in [1.29, 1.82) is 0 Å². The van der Waals surface area contributed by atoms with Gasteiger partial charge in [0.15, 0.2) is 11.6 Å². The summed E-state index contributed by atoms with van der Waals surface area (Å²) in [6, 6.07) is 3.62. The molecule has 1 aromatic carbocycles. The molecule has 0 aromatic heterocycles. The topological polar surface area (TPSA) is 59.6 Å². The maximum absolute atomic E-state index is 13.3. The molecule has 25 heavy (non-hydrogen) atoms. The smallest absolute Gasteiger partial charge is 0.407 e. The number of ether oxygens (including phenoxy) is 2. The molecular weight excluding hydrogens is 330 g/mol. The van der Waals surface area contributed by atoms with Gasteiger partial charge in [-0.05, 0) is 44.9 Å². The summed E-state index contributed by atoms with van der Waals surface area (Å²) in [4.78, 5) is 12.1. The van der Waals surface area contributed by atoms with Crippen LogP contribution >= 0.6 is 0 Å². The van der Waals surface area contributed by atoms with E-state index in [4.69, 9.17) is 9.47 Å². The predicted octanol–water partition coefficient (Wildman–Crippen LogP) is 2.74. The van der Waals surface area contributed by atoms with Gasteiger partial charge in [0.1, 0.15) is 5.60 Å². The molecule has 2 fully saturated rings. The Morgan fingerprint density at radius 3 is 2.72 bits per heavy atom. The molecule has 1 amide bonds. The van der Waals surface area contributed by atoms with Crippen molar-refractivity contribution in [3.63, 3.8) is 0 Å². The van der Waals surface area contributed by atoms with E-state index in [1.807, 2.05) is 20.8 Å². The molecule has 1 aromatic rings. The lowest BCUT2D eigenvalue weighted by molar-refractivity contribution is -0.0344. The fraction of sp³-hybridized carbons (Fsp3) is 0.611. The van der Waals surface area contributed by atoms with Gasteiger partial charge in [0.25, 0.3) is 0 Å². The standard InChI is InChI=1S/C18H24F2N2O3/c1-18(2,3)25-17(23)22-14-11-6-7-24-16(11)15(14)21-9-10-4-5-12(19)13(20)8-10/h4-5,8,11,14-16,21H,6-7,9H2,1-3H3,(H,22,23). The second-order valence-corrected chi connectivity index (χ2v) is 7.62. The molecule has 5 nitrogen and oxygen atoms in total. The van der Waals surface area contributed by atoms with Crippen LogP contribution in [0.15, 0.2) is 18.2 Å². The lowest BCUT2D eigenvalue weighted by atomic mass is 9.71. The zero-order valence-electron chi connectivity index (χ0n) is 14.6. The summed E-state index contributed by atoms with van der Waals surface area (Å²) in [5.74, 6) is -1.49. The lowest BCUT2D eigenvalue weighted by Crippen LogP contribution is -2.70. The van der Waals surface area contributed by atoms with E-state index in [0.717, 1.165) is 12.5 Å².